The third kappa shape index (κ3) is 24.9. The summed E-state index contributed by atoms with van der Waals surface area (Å²) in [6, 6.07) is 10.5. The number of nitrogens with two attached hydrogens (primary N) is 2. The molecule has 5 aliphatic heterocycles. The van der Waals surface area contributed by atoms with Crippen LogP contribution in [-0.4, -0.2) is 255 Å². The van der Waals surface area contributed by atoms with Crippen molar-refractivity contribution in [1.29, 1.82) is 5.41 Å². The van der Waals surface area contributed by atoms with Gasteiger partial charge in [0, 0.05) is 87.5 Å². The van der Waals surface area contributed by atoms with Crippen LogP contribution in [-0.2, 0) is 73.2 Å². The second-order valence-electron chi connectivity index (χ2n) is 28.4. The molecular weight excluding hydrogens is 1460 g/mol. The van der Waals surface area contributed by atoms with Crippen LogP contribution in [0.4, 0.5) is 21.9 Å². The van der Waals surface area contributed by atoms with Crippen molar-refractivity contribution in [3.63, 3.8) is 0 Å². The SMILES string of the molecule is COc1cc2c(cc1OCCCCCOc1cc3c(cc1OC)C(=O)N1C=C(C)C[C@@]1(N)[C@H](O)N3C(=O)OCc1ccc(NC(=O)[C@H](C)NC(=O)[C@@H](NC(=O)CCOCCOCCOCCOCCOCCOCCOCCOCCNC(=O)CCN3C(=N)CC(C(C)C)C3=O)C(C)C)cc1)N=C[C@]1(N)CC(C)=CN1C2=O. The second kappa shape index (κ2) is 43.7. The lowest BCUT2D eigenvalue weighted by molar-refractivity contribution is -0.132. The van der Waals surface area contributed by atoms with E-state index in [2.05, 4.69) is 26.3 Å². The highest BCUT2D eigenvalue weighted by Crippen LogP contribution is 2.45. The first-order valence-electron chi connectivity index (χ1n) is 38.0. The molecule has 10 N–H and O–H groups in total. The summed E-state index contributed by atoms with van der Waals surface area (Å²) < 4.78 is 73.7. The van der Waals surface area contributed by atoms with Gasteiger partial charge in [-0.25, -0.2) is 9.69 Å². The Morgan fingerprint density at radius 3 is 1.70 bits per heavy atom. The Hall–Kier alpha value is -9.20. The monoisotopic (exact) mass is 1570 g/mol. The number of aliphatic hydroxyl groups excluding tert-OH is 1. The highest BCUT2D eigenvalue weighted by Gasteiger charge is 2.54. The lowest BCUT2D eigenvalue weighted by atomic mass is 9.94. The van der Waals surface area contributed by atoms with Crippen molar-refractivity contribution in [3.05, 3.63) is 88.8 Å². The van der Waals surface area contributed by atoms with Gasteiger partial charge < -0.3 is 104 Å². The number of hydrogen-bond acceptors (Lipinski definition) is 26. The second-order valence-corrected chi connectivity index (χ2v) is 28.4. The molecule has 8 amide bonds. The quantitative estimate of drug-likeness (QED) is 0.0327. The average Bonchev–Trinajstić information content (AvgIpc) is 1.58. The Balaban J connectivity index is 0.649. The van der Waals surface area contributed by atoms with Crippen LogP contribution in [0.3, 0.4) is 0 Å². The predicted molar refractivity (Wildman–Crippen MR) is 411 cm³/mol. The number of carbonyl (C=O) groups is 8. The molecule has 0 aromatic heterocycles. The van der Waals surface area contributed by atoms with E-state index in [1.54, 1.807) is 69.6 Å². The minimum atomic E-state index is -1.81. The van der Waals surface area contributed by atoms with Gasteiger partial charge in [-0.3, -0.25) is 53.8 Å². The molecule has 34 heteroatoms. The van der Waals surface area contributed by atoms with Gasteiger partial charge in [-0.2, -0.15) is 0 Å². The lowest BCUT2D eigenvalue weighted by Gasteiger charge is -2.39. The molecule has 0 bridgehead atoms. The number of aliphatic hydroxyl groups is 1. The number of nitrogens with one attached hydrogen (secondary N) is 5. The van der Waals surface area contributed by atoms with E-state index in [0.29, 0.717) is 171 Å². The first kappa shape index (κ1) is 88.4. The first-order chi connectivity index (χ1) is 53.8. The molecule has 34 nitrogen and oxygen atoms in total. The van der Waals surface area contributed by atoms with Crippen LogP contribution in [0.5, 0.6) is 23.0 Å². The number of carbonyl (C=O) groups excluding carboxylic acids is 8. The Morgan fingerprint density at radius 2 is 1.14 bits per heavy atom. The number of rotatable bonds is 49. The molecule has 0 saturated carbocycles. The normalized spacial score (nSPS) is 19.0. The Morgan fingerprint density at radius 1 is 0.616 bits per heavy atom. The summed E-state index contributed by atoms with van der Waals surface area (Å²) in [6.45, 7) is 18.9. The van der Waals surface area contributed by atoms with Gasteiger partial charge in [-0.05, 0) is 81.7 Å². The number of aliphatic imine (C=N–C) groups is 1. The van der Waals surface area contributed by atoms with Gasteiger partial charge in [0.05, 0.1) is 156 Å². The van der Waals surface area contributed by atoms with Crippen LogP contribution in [0, 0.1) is 23.2 Å². The van der Waals surface area contributed by atoms with Crippen molar-refractivity contribution >= 4 is 76.6 Å². The molecule has 616 valence electrons. The molecule has 0 spiro atoms. The maximum absolute atomic E-state index is 14.4. The lowest BCUT2D eigenvalue weighted by Crippen LogP contribution is -2.65. The number of likely N-dealkylation sites (tertiary alicyclic amines) is 1. The Labute approximate surface area is 653 Å². The standard InChI is InChI=1S/C78H112N12O22/c1-50(2)57-41-66(79)87(72(57)95)20-17-67(91)82-19-24-103-26-28-105-30-32-107-34-36-109-38-37-108-35-33-106-31-29-104-27-25-102-23-18-68(92)86-69(51(3)4)71(94)84-54(7)70(93)85-56-15-13-55(14-16-56)48-112-76(99)90-61-43-65(63(101-9)40-59(61)74(97)89-47-53(6)45-78(89,81)75(90)98)111-22-12-10-11-21-110-64-42-60-58(39-62(64)100-8)73(96)88-46-52(5)44-77(88,80)49-83-60/h13-16,39-40,42-43,46-47,49-51,54,57,69,75,79,98H,10-12,17-38,41,44-45,48,80-81H2,1-9H3,(H,82,91)(H,84,94)(H,85,93)(H,86,92)/t54-,57?,69-,75-,77-,78-/m0/s1. The largest absolute Gasteiger partial charge is 0.493 e. The molecule has 0 aliphatic carbocycles. The van der Waals surface area contributed by atoms with E-state index in [0.717, 1.165) is 10.5 Å². The highest BCUT2D eigenvalue weighted by atomic mass is 16.6. The summed E-state index contributed by atoms with van der Waals surface area (Å²) in [5.74, 6) is -1.63. The van der Waals surface area contributed by atoms with Crippen molar-refractivity contribution in [3.8, 4) is 23.0 Å². The third-order valence-electron chi connectivity index (χ3n) is 19.0. The summed E-state index contributed by atoms with van der Waals surface area (Å²) in [7, 11) is 2.90. The number of methoxy groups -OCH3 is 2. The third-order valence-corrected chi connectivity index (χ3v) is 19.0. The van der Waals surface area contributed by atoms with Crippen LogP contribution in [0.25, 0.3) is 0 Å². The fourth-order valence-corrected chi connectivity index (χ4v) is 12.9. The van der Waals surface area contributed by atoms with E-state index in [4.69, 9.17) is 78.5 Å². The van der Waals surface area contributed by atoms with E-state index < -0.39 is 59.4 Å². The molecule has 0 radical (unpaired) electrons. The number of anilines is 2. The predicted octanol–water partition coefficient (Wildman–Crippen LogP) is 5.43. The van der Waals surface area contributed by atoms with Crippen molar-refractivity contribution < 1.29 is 105 Å². The van der Waals surface area contributed by atoms with Gasteiger partial charge in [-0.1, -0.05) is 51.0 Å². The minimum absolute atomic E-state index is 0.0149. The zero-order valence-electron chi connectivity index (χ0n) is 65.7. The number of benzene rings is 3. The van der Waals surface area contributed by atoms with E-state index in [1.807, 2.05) is 20.8 Å². The van der Waals surface area contributed by atoms with Crippen LogP contribution in [0.1, 0.15) is 126 Å². The molecule has 3 aromatic rings. The number of nitrogens with zero attached hydrogens (tertiary/aromatic N) is 5. The summed E-state index contributed by atoms with van der Waals surface area (Å²) in [5, 5.41) is 31.1. The summed E-state index contributed by atoms with van der Waals surface area (Å²) >= 11 is 0. The fourth-order valence-electron chi connectivity index (χ4n) is 12.9. The number of unbranched alkanes of at least 4 members (excludes halogenated alkanes) is 2. The number of ether oxygens (including phenoxy) is 13. The smallest absolute Gasteiger partial charge is 0.416 e. The number of fused-ring (bicyclic) bond motifs is 4. The van der Waals surface area contributed by atoms with E-state index >= 15 is 0 Å². The average molecular weight is 1570 g/mol. The molecule has 5 aliphatic rings. The fraction of sp³-hybridized carbons (Fsp3) is 0.590. The van der Waals surface area contributed by atoms with Crippen molar-refractivity contribution in [2.45, 2.75) is 136 Å². The summed E-state index contributed by atoms with van der Waals surface area (Å²) in [4.78, 5) is 116. The molecule has 1 fully saturated rings. The number of amides is 8. The highest BCUT2D eigenvalue weighted by molar-refractivity contribution is 6.08. The van der Waals surface area contributed by atoms with Crippen molar-refractivity contribution in [2.75, 3.05) is 156 Å². The molecule has 3 aromatic carbocycles. The van der Waals surface area contributed by atoms with E-state index in [9.17, 15) is 43.5 Å². The van der Waals surface area contributed by atoms with Gasteiger partial charge in [-0.15, -0.1) is 0 Å². The summed E-state index contributed by atoms with van der Waals surface area (Å²) in [6.07, 6.45) is 4.86. The molecule has 1 unspecified atom stereocenters. The van der Waals surface area contributed by atoms with Gasteiger partial charge in [0.25, 0.3) is 11.8 Å². The minimum Gasteiger partial charge on any atom is -0.493 e. The summed E-state index contributed by atoms with van der Waals surface area (Å²) in [5.41, 5.74) is 13.8. The maximum atomic E-state index is 14.4. The van der Waals surface area contributed by atoms with Gasteiger partial charge in [0.1, 0.15) is 35.9 Å². The van der Waals surface area contributed by atoms with Crippen LogP contribution >= 0.6 is 0 Å². The maximum Gasteiger partial charge on any atom is 0.416 e. The zero-order valence-corrected chi connectivity index (χ0v) is 65.7. The molecular formula is C78H112N12O22. The Bertz CT molecular complexity index is 3800. The van der Waals surface area contributed by atoms with Crippen LogP contribution < -0.4 is 56.6 Å². The molecule has 5 heterocycles. The van der Waals surface area contributed by atoms with Crippen molar-refractivity contribution in [1.82, 2.24) is 30.7 Å². The van der Waals surface area contributed by atoms with Crippen LogP contribution in [0.15, 0.2) is 77.1 Å². The molecule has 1 saturated heterocycles. The number of hydrogen-bond donors (Lipinski definition) is 8. The van der Waals surface area contributed by atoms with Gasteiger partial charge >= 0.3 is 6.09 Å². The zero-order chi connectivity index (χ0) is 80.9. The molecule has 112 heavy (non-hydrogen) atoms. The molecule has 6 atom stereocenters. The van der Waals surface area contributed by atoms with E-state index in [-0.39, 0.29) is 123 Å². The first-order valence-corrected chi connectivity index (χ1v) is 38.0. The van der Waals surface area contributed by atoms with Crippen molar-refractivity contribution in [2.24, 2.45) is 34.2 Å². The van der Waals surface area contributed by atoms with Gasteiger partial charge in [0.15, 0.2) is 29.2 Å². The Kier molecular flexibility index (Phi) is 34.5. The molecule has 8 rings (SSSR count). The van der Waals surface area contributed by atoms with Gasteiger partial charge in [0.2, 0.25) is 29.5 Å². The topological polar surface area (TPSA) is 426 Å². The van der Waals surface area contributed by atoms with E-state index in [1.165, 1.54) is 54.2 Å². The van der Waals surface area contributed by atoms with Crippen LogP contribution in [0.2, 0.25) is 0 Å². The number of amidine groups is 1.